The first-order valence-corrected chi connectivity index (χ1v) is 12.3. The van der Waals surface area contributed by atoms with Gasteiger partial charge in [0.15, 0.2) is 0 Å². The number of piperazine rings is 1. The van der Waals surface area contributed by atoms with Crippen molar-refractivity contribution in [2.75, 3.05) is 36.4 Å². The minimum atomic E-state index is -3.52. The summed E-state index contributed by atoms with van der Waals surface area (Å²) in [5.74, 6) is 0.548. The number of carbonyl (C=O) groups is 1. The van der Waals surface area contributed by atoms with E-state index in [0.717, 1.165) is 22.7 Å². The van der Waals surface area contributed by atoms with E-state index in [-0.39, 0.29) is 10.1 Å². The Morgan fingerprint density at radius 3 is 2.32 bits per heavy atom. The summed E-state index contributed by atoms with van der Waals surface area (Å²) in [6, 6.07) is 14.1. The predicted octanol–water partition coefficient (Wildman–Crippen LogP) is 3.87. The van der Waals surface area contributed by atoms with Gasteiger partial charge in [-0.2, -0.15) is 4.31 Å². The zero-order valence-corrected chi connectivity index (χ0v) is 19.2. The molecule has 1 fully saturated rings. The van der Waals surface area contributed by atoms with Crippen LogP contribution in [0.25, 0.3) is 0 Å². The van der Waals surface area contributed by atoms with Crippen LogP contribution in [0.3, 0.4) is 0 Å². The van der Waals surface area contributed by atoms with Gasteiger partial charge in [-0.25, -0.2) is 13.4 Å². The lowest BCUT2D eigenvalue weighted by molar-refractivity contribution is 0.102. The molecule has 0 saturated carbocycles. The molecule has 1 aromatic carbocycles. The number of rotatable bonds is 5. The van der Waals surface area contributed by atoms with Crippen LogP contribution in [0.2, 0.25) is 4.34 Å². The van der Waals surface area contributed by atoms with Gasteiger partial charge in [-0.3, -0.25) is 4.79 Å². The molecule has 1 aliphatic rings. The Morgan fingerprint density at radius 1 is 1.03 bits per heavy atom. The SMILES string of the molecule is Cc1ccc(C(=O)Nc2ccc(N3CCN(S(=O)(=O)c4ccc(Cl)s4)CC3)nc2)cc1. The van der Waals surface area contributed by atoms with Gasteiger partial charge in [0.05, 0.1) is 16.2 Å². The number of nitrogens with zero attached hydrogens (tertiary/aromatic N) is 3. The summed E-state index contributed by atoms with van der Waals surface area (Å²) in [5, 5.41) is 2.84. The molecule has 0 unspecified atom stereocenters. The number of halogens is 1. The van der Waals surface area contributed by atoms with E-state index < -0.39 is 10.0 Å². The number of nitrogens with one attached hydrogen (secondary N) is 1. The molecule has 2 aromatic heterocycles. The highest BCUT2D eigenvalue weighted by atomic mass is 35.5. The van der Waals surface area contributed by atoms with Crippen molar-refractivity contribution in [3.8, 4) is 0 Å². The molecule has 1 amide bonds. The van der Waals surface area contributed by atoms with E-state index in [4.69, 9.17) is 11.6 Å². The molecule has 0 atom stereocenters. The van der Waals surface area contributed by atoms with Gasteiger partial charge < -0.3 is 10.2 Å². The van der Waals surface area contributed by atoms with Crippen LogP contribution in [0, 0.1) is 6.92 Å². The molecule has 1 N–H and O–H groups in total. The Labute approximate surface area is 190 Å². The Kier molecular flexibility index (Phi) is 6.29. The molecule has 1 saturated heterocycles. The second-order valence-corrected chi connectivity index (χ2v) is 11.1. The molecular formula is C21H21ClN4O3S2. The van der Waals surface area contributed by atoms with E-state index in [1.807, 2.05) is 30.0 Å². The number of hydrogen-bond donors (Lipinski definition) is 1. The van der Waals surface area contributed by atoms with Gasteiger partial charge in [-0.1, -0.05) is 29.3 Å². The van der Waals surface area contributed by atoms with E-state index in [1.165, 1.54) is 4.31 Å². The Bertz CT molecular complexity index is 1170. The van der Waals surface area contributed by atoms with Crippen LogP contribution < -0.4 is 10.2 Å². The van der Waals surface area contributed by atoms with Gasteiger partial charge in [-0.05, 0) is 43.3 Å². The van der Waals surface area contributed by atoms with Gasteiger partial charge in [0.1, 0.15) is 10.0 Å². The van der Waals surface area contributed by atoms with Gasteiger partial charge >= 0.3 is 0 Å². The van der Waals surface area contributed by atoms with Gasteiger partial charge in [0, 0.05) is 31.7 Å². The van der Waals surface area contributed by atoms with Crippen LogP contribution in [0.1, 0.15) is 15.9 Å². The molecule has 7 nitrogen and oxygen atoms in total. The number of thiophene rings is 1. The maximum absolute atomic E-state index is 12.7. The lowest BCUT2D eigenvalue weighted by atomic mass is 10.1. The molecule has 3 aromatic rings. The van der Waals surface area contributed by atoms with Gasteiger partial charge in [0.25, 0.3) is 15.9 Å². The number of hydrogen-bond acceptors (Lipinski definition) is 6. The van der Waals surface area contributed by atoms with Crippen LogP contribution in [-0.4, -0.2) is 49.8 Å². The average Bonchev–Trinajstić information content (AvgIpc) is 3.22. The number of pyridine rings is 1. The lowest BCUT2D eigenvalue weighted by Gasteiger charge is -2.34. The molecule has 0 radical (unpaired) electrons. The number of aromatic nitrogens is 1. The molecule has 1 aliphatic heterocycles. The maximum atomic E-state index is 12.7. The number of amides is 1. The van der Waals surface area contributed by atoms with Crippen molar-refractivity contribution >= 4 is 50.4 Å². The minimum absolute atomic E-state index is 0.193. The van der Waals surface area contributed by atoms with Crippen molar-refractivity contribution in [1.29, 1.82) is 0 Å². The third-order valence-corrected chi connectivity index (χ3v) is 8.62. The molecule has 0 aliphatic carbocycles. The molecule has 0 bridgehead atoms. The summed E-state index contributed by atoms with van der Waals surface area (Å²) in [5.41, 5.74) is 2.28. The Balaban J connectivity index is 1.36. The average molecular weight is 477 g/mol. The molecule has 4 rings (SSSR count). The highest BCUT2D eigenvalue weighted by molar-refractivity contribution is 7.91. The molecule has 0 spiro atoms. The van der Waals surface area contributed by atoms with E-state index in [9.17, 15) is 13.2 Å². The first kappa shape index (κ1) is 21.8. The van der Waals surface area contributed by atoms with Crippen molar-refractivity contribution in [2.24, 2.45) is 0 Å². The van der Waals surface area contributed by atoms with Crippen LogP contribution in [0.4, 0.5) is 11.5 Å². The largest absolute Gasteiger partial charge is 0.354 e. The highest BCUT2D eigenvalue weighted by Gasteiger charge is 2.30. The summed E-state index contributed by atoms with van der Waals surface area (Å²) in [7, 11) is -3.52. The van der Waals surface area contributed by atoms with Crippen LogP contribution in [-0.2, 0) is 10.0 Å². The third-order valence-electron chi connectivity index (χ3n) is 5.02. The van der Waals surface area contributed by atoms with Crippen molar-refractivity contribution in [2.45, 2.75) is 11.1 Å². The molecule has 31 heavy (non-hydrogen) atoms. The second kappa shape index (κ2) is 8.96. The zero-order valence-electron chi connectivity index (χ0n) is 16.8. The Morgan fingerprint density at radius 2 is 1.74 bits per heavy atom. The monoisotopic (exact) mass is 476 g/mol. The van der Waals surface area contributed by atoms with Gasteiger partial charge in [-0.15, -0.1) is 11.3 Å². The number of carbonyl (C=O) groups excluding carboxylic acids is 1. The molecule has 3 heterocycles. The van der Waals surface area contributed by atoms with E-state index in [1.54, 1.807) is 36.5 Å². The molecule has 10 heteroatoms. The highest BCUT2D eigenvalue weighted by Crippen LogP contribution is 2.29. The van der Waals surface area contributed by atoms with Crippen LogP contribution in [0.15, 0.2) is 58.9 Å². The van der Waals surface area contributed by atoms with Crippen molar-refractivity contribution in [3.63, 3.8) is 0 Å². The summed E-state index contributed by atoms with van der Waals surface area (Å²) in [6.45, 7) is 3.76. The lowest BCUT2D eigenvalue weighted by Crippen LogP contribution is -2.48. The second-order valence-electron chi connectivity index (χ2n) is 7.17. The first-order valence-electron chi connectivity index (χ1n) is 9.67. The summed E-state index contributed by atoms with van der Waals surface area (Å²) >= 11 is 6.95. The van der Waals surface area contributed by atoms with Crippen molar-refractivity contribution in [1.82, 2.24) is 9.29 Å². The van der Waals surface area contributed by atoms with E-state index in [0.29, 0.717) is 41.8 Å². The smallest absolute Gasteiger partial charge is 0.255 e. The summed E-state index contributed by atoms with van der Waals surface area (Å²) in [6.07, 6.45) is 1.61. The standard InChI is InChI=1S/C21H21ClN4O3S2/c1-15-2-4-16(5-3-15)21(27)24-17-6-8-19(23-14-17)25-10-12-26(13-11-25)31(28,29)20-9-7-18(22)30-20/h2-9,14H,10-13H2,1H3,(H,24,27). The normalized spacial score (nSPS) is 15.1. The topological polar surface area (TPSA) is 82.6 Å². The number of aryl methyl sites for hydroxylation is 1. The fraction of sp³-hybridized carbons (Fsp3) is 0.238. The number of sulfonamides is 1. The minimum Gasteiger partial charge on any atom is -0.354 e. The first-order chi connectivity index (χ1) is 14.8. The quantitative estimate of drug-likeness (QED) is 0.604. The van der Waals surface area contributed by atoms with E-state index >= 15 is 0 Å². The van der Waals surface area contributed by atoms with Crippen molar-refractivity contribution in [3.05, 3.63) is 70.2 Å². The predicted molar refractivity (Wildman–Crippen MR) is 124 cm³/mol. The fourth-order valence-electron chi connectivity index (χ4n) is 3.28. The third kappa shape index (κ3) is 4.90. The van der Waals surface area contributed by atoms with Crippen molar-refractivity contribution < 1.29 is 13.2 Å². The Hall–Kier alpha value is -2.46. The summed E-state index contributed by atoms with van der Waals surface area (Å²) in [4.78, 5) is 18.8. The summed E-state index contributed by atoms with van der Waals surface area (Å²) < 4.78 is 27.7. The zero-order chi connectivity index (χ0) is 22.0. The number of anilines is 2. The fourth-order valence-corrected chi connectivity index (χ4v) is 6.34. The van der Waals surface area contributed by atoms with Crippen LogP contribution >= 0.6 is 22.9 Å². The maximum Gasteiger partial charge on any atom is 0.255 e. The van der Waals surface area contributed by atoms with Crippen LogP contribution in [0.5, 0.6) is 0 Å². The molecular weight excluding hydrogens is 456 g/mol. The number of benzene rings is 1. The molecule has 162 valence electrons. The van der Waals surface area contributed by atoms with E-state index in [2.05, 4.69) is 10.3 Å². The van der Waals surface area contributed by atoms with Gasteiger partial charge in [0.2, 0.25) is 0 Å².